The Balaban J connectivity index is 1.90. The monoisotopic (exact) mass is 316 g/mol. The molecule has 1 N–H and O–H groups in total. The van der Waals surface area contributed by atoms with Crippen molar-refractivity contribution in [3.05, 3.63) is 22.8 Å². The molecule has 23 heavy (non-hydrogen) atoms. The van der Waals surface area contributed by atoms with Gasteiger partial charge in [0.25, 0.3) is 0 Å². The second-order valence-electron chi connectivity index (χ2n) is 8.38. The fourth-order valence-electron chi connectivity index (χ4n) is 5.38. The number of hydrogen-bond donors (Lipinski definition) is 1. The largest absolute Gasteiger partial charge is 0.477 e. The summed E-state index contributed by atoms with van der Waals surface area (Å²) >= 11 is 0. The van der Waals surface area contributed by atoms with E-state index in [1.165, 1.54) is 6.08 Å². The van der Waals surface area contributed by atoms with Crippen molar-refractivity contribution in [2.75, 3.05) is 0 Å². The van der Waals surface area contributed by atoms with Gasteiger partial charge < -0.3 is 9.84 Å². The average Bonchev–Trinajstić information content (AvgIpc) is 2.75. The molecule has 1 heterocycles. The molecule has 4 rings (SSSR count). The van der Waals surface area contributed by atoms with Gasteiger partial charge in [-0.05, 0) is 30.3 Å². The molecule has 4 atom stereocenters. The van der Waals surface area contributed by atoms with Gasteiger partial charge in [0.15, 0.2) is 5.78 Å². The van der Waals surface area contributed by atoms with E-state index < -0.39 is 18.0 Å². The third kappa shape index (κ3) is 1.76. The van der Waals surface area contributed by atoms with Crippen LogP contribution in [0.1, 0.15) is 40.0 Å². The lowest BCUT2D eigenvalue weighted by Crippen LogP contribution is -2.54. The Morgan fingerprint density at radius 3 is 2.57 bits per heavy atom. The summed E-state index contributed by atoms with van der Waals surface area (Å²) in [4.78, 5) is 35.5. The number of ketones is 1. The molecule has 2 fully saturated rings. The maximum atomic E-state index is 12.3. The minimum absolute atomic E-state index is 0.0644. The SMILES string of the molecule is CC1(C)CC2C3OC(=O)C(C(=O)O)=CC3=C3C(=O)C[C@]3(C)[C@H]2C1. The van der Waals surface area contributed by atoms with Gasteiger partial charge in [0.05, 0.1) is 0 Å². The number of fused-ring (bicyclic) bond motifs is 5. The summed E-state index contributed by atoms with van der Waals surface area (Å²) in [7, 11) is 0. The van der Waals surface area contributed by atoms with E-state index in [-0.39, 0.29) is 28.1 Å². The van der Waals surface area contributed by atoms with Gasteiger partial charge in [-0.3, -0.25) is 4.79 Å². The standard InChI is InChI=1S/C18H20O5/c1-17(2)5-10-11(6-17)18(3)7-12(19)13(18)8-4-9(15(20)21)16(22)23-14(8)10/h4,10-11,14H,5-7H2,1-3H3,(H,20,21)/t10?,11-,14?,18+/m0/s1. The van der Waals surface area contributed by atoms with E-state index in [2.05, 4.69) is 20.8 Å². The first-order chi connectivity index (χ1) is 10.6. The quantitative estimate of drug-likeness (QED) is 0.593. The third-order valence-electron chi connectivity index (χ3n) is 6.24. The first kappa shape index (κ1) is 14.7. The zero-order chi connectivity index (χ0) is 16.7. The van der Waals surface area contributed by atoms with E-state index in [1.54, 1.807) is 0 Å². The molecule has 0 amide bonds. The number of carboxylic acids is 1. The molecule has 0 aromatic rings. The van der Waals surface area contributed by atoms with Gasteiger partial charge in [-0.15, -0.1) is 0 Å². The molecule has 0 spiro atoms. The number of esters is 1. The molecule has 5 heteroatoms. The minimum atomic E-state index is -1.30. The lowest BCUT2D eigenvalue weighted by molar-refractivity contribution is -0.154. The summed E-state index contributed by atoms with van der Waals surface area (Å²) in [5.41, 5.74) is 0.903. The summed E-state index contributed by atoms with van der Waals surface area (Å²) in [5, 5.41) is 9.19. The molecule has 2 saturated carbocycles. The summed E-state index contributed by atoms with van der Waals surface area (Å²) in [6.07, 6.45) is 3.36. The highest BCUT2D eigenvalue weighted by Crippen LogP contribution is 2.66. The number of ether oxygens (including phenoxy) is 1. The maximum Gasteiger partial charge on any atom is 0.346 e. The summed E-state index contributed by atoms with van der Waals surface area (Å²) in [6, 6.07) is 0. The van der Waals surface area contributed by atoms with Gasteiger partial charge in [-0.2, -0.15) is 0 Å². The number of rotatable bonds is 1. The van der Waals surface area contributed by atoms with Crippen LogP contribution >= 0.6 is 0 Å². The summed E-state index contributed by atoms with van der Waals surface area (Å²) < 4.78 is 5.52. The van der Waals surface area contributed by atoms with E-state index >= 15 is 0 Å². The highest BCUT2D eigenvalue weighted by atomic mass is 16.5. The molecule has 2 unspecified atom stereocenters. The van der Waals surface area contributed by atoms with Gasteiger partial charge in [-0.1, -0.05) is 20.8 Å². The number of carbonyl (C=O) groups is 3. The minimum Gasteiger partial charge on any atom is -0.477 e. The van der Waals surface area contributed by atoms with Gasteiger partial charge in [0.2, 0.25) is 0 Å². The van der Waals surface area contributed by atoms with E-state index in [0.717, 1.165) is 12.8 Å². The molecule has 0 saturated heterocycles. The maximum absolute atomic E-state index is 12.3. The van der Waals surface area contributed by atoms with Crippen molar-refractivity contribution in [3.63, 3.8) is 0 Å². The van der Waals surface area contributed by atoms with Crippen LogP contribution in [0.25, 0.3) is 0 Å². The van der Waals surface area contributed by atoms with Gasteiger partial charge >= 0.3 is 11.9 Å². The van der Waals surface area contributed by atoms with Crippen molar-refractivity contribution in [2.24, 2.45) is 22.7 Å². The molecular formula is C18H20O5. The molecule has 4 aliphatic rings. The van der Waals surface area contributed by atoms with Crippen molar-refractivity contribution in [1.29, 1.82) is 0 Å². The Kier molecular flexibility index (Phi) is 2.64. The molecule has 0 radical (unpaired) electrons. The Morgan fingerprint density at radius 2 is 1.96 bits per heavy atom. The first-order valence-electron chi connectivity index (χ1n) is 8.08. The molecule has 1 aliphatic heterocycles. The van der Waals surface area contributed by atoms with Crippen LogP contribution in [0.5, 0.6) is 0 Å². The Morgan fingerprint density at radius 1 is 1.26 bits per heavy atom. The summed E-state index contributed by atoms with van der Waals surface area (Å²) in [5.74, 6) is -1.55. The molecule has 5 nitrogen and oxygen atoms in total. The Hall–Kier alpha value is -1.91. The van der Waals surface area contributed by atoms with Crippen LogP contribution in [0.4, 0.5) is 0 Å². The predicted molar refractivity (Wildman–Crippen MR) is 80.4 cm³/mol. The van der Waals surface area contributed by atoms with Crippen LogP contribution in [-0.2, 0) is 19.1 Å². The normalized spacial score (nSPS) is 40.5. The van der Waals surface area contributed by atoms with E-state index in [9.17, 15) is 19.5 Å². The smallest absolute Gasteiger partial charge is 0.346 e. The number of allylic oxidation sites excluding steroid dienone is 1. The highest BCUT2D eigenvalue weighted by Gasteiger charge is 2.63. The molecule has 0 aromatic heterocycles. The molecule has 3 aliphatic carbocycles. The zero-order valence-corrected chi connectivity index (χ0v) is 13.5. The second kappa shape index (κ2) is 4.13. The van der Waals surface area contributed by atoms with Gasteiger partial charge in [0.1, 0.15) is 11.7 Å². The van der Waals surface area contributed by atoms with Crippen LogP contribution in [-0.4, -0.2) is 28.9 Å². The lowest BCUT2D eigenvalue weighted by Gasteiger charge is -2.54. The first-order valence-corrected chi connectivity index (χ1v) is 8.08. The van der Waals surface area contributed by atoms with Crippen molar-refractivity contribution in [2.45, 2.75) is 46.1 Å². The molecular weight excluding hydrogens is 296 g/mol. The summed E-state index contributed by atoms with van der Waals surface area (Å²) in [6.45, 7) is 6.52. The third-order valence-corrected chi connectivity index (χ3v) is 6.24. The van der Waals surface area contributed by atoms with Crippen molar-refractivity contribution in [3.8, 4) is 0 Å². The number of carboxylic acid groups (broad SMARTS) is 1. The molecule has 122 valence electrons. The van der Waals surface area contributed by atoms with E-state index in [4.69, 9.17) is 4.74 Å². The van der Waals surface area contributed by atoms with E-state index in [1.807, 2.05) is 0 Å². The van der Waals surface area contributed by atoms with Crippen LogP contribution in [0.15, 0.2) is 22.8 Å². The van der Waals surface area contributed by atoms with Crippen molar-refractivity contribution >= 4 is 17.7 Å². The lowest BCUT2D eigenvalue weighted by atomic mass is 9.50. The Bertz CT molecular complexity index is 726. The van der Waals surface area contributed by atoms with Crippen molar-refractivity contribution in [1.82, 2.24) is 0 Å². The fraction of sp³-hybridized carbons (Fsp3) is 0.611. The molecule has 0 bridgehead atoms. The average molecular weight is 316 g/mol. The second-order valence-corrected chi connectivity index (χ2v) is 8.38. The highest BCUT2D eigenvalue weighted by molar-refractivity contribution is 6.15. The number of Topliss-reactive ketones (excluding diaryl/α,β-unsaturated/α-hetero) is 1. The molecule has 0 aromatic carbocycles. The van der Waals surface area contributed by atoms with Gasteiger partial charge in [0, 0.05) is 28.9 Å². The van der Waals surface area contributed by atoms with Crippen LogP contribution in [0.3, 0.4) is 0 Å². The number of hydrogen-bond acceptors (Lipinski definition) is 4. The number of carbonyl (C=O) groups excluding carboxylic acids is 2. The van der Waals surface area contributed by atoms with Crippen LogP contribution in [0, 0.1) is 22.7 Å². The Labute approximate surface area is 134 Å². The topological polar surface area (TPSA) is 80.7 Å². The van der Waals surface area contributed by atoms with Crippen LogP contribution < -0.4 is 0 Å². The van der Waals surface area contributed by atoms with Gasteiger partial charge in [-0.25, -0.2) is 9.59 Å². The zero-order valence-electron chi connectivity index (χ0n) is 13.5. The van der Waals surface area contributed by atoms with Crippen molar-refractivity contribution < 1.29 is 24.2 Å². The number of aliphatic carboxylic acids is 1. The van der Waals surface area contributed by atoms with E-state index in [0.29, 0.717) is 23.5 Å². The predicted octanol–water partition coefficient (Wildman–Crippen LogP) is 2.26. The fourth-order valence-corrected chi connectivity index (χ4v) is 5.38. The van der Waals surface area contributed by atoms with Crippen LogP contribution in [0.2, 0.25) is 0 Å².